The Kier molecular flexibility index (Phi) is 2.90. The Morgan fingerprint density at radius 2 is 2.00 bits per heavy atom. The number of rotatable bonds is 1. The highest BCUT2D eigenvalue weighted by Gasteiger charge is 2.32. The number of hydrogen-bond donors (Lipinski definition) is 0. The van der Waals surface area contributed by atoms with Crippen LogP contribution in [0.25, 0.3) is 0 Å². The van der Waals surface area contributed by atoms with E-state index in [0.29, 0.717) is 0 Å². The highest BCUT2D eigenvalue weighted by molar-refractivity contribution is 5.59. The molecule has 1 aromatic rings. The van der Waals surface area contributed by atoms with Gasteiger partial charge < -0.3 is 14.4 Å². The second-order valence-electron chi connectivity index (χ2n) is 5.59. The molecule has 1 saturated heterocycles. The molecule has 1 aromatic heterocycles. The fourth-order valence-electron chi connectivity index (χ4n) is 2.66. The first-order valence-corrected chi connectivity index (χ1v) is 6.63. The number of ether oxygens (including phenoxy) is 2. The summed E-state index contributed by atoms with van der Waals surface area (Å²) in [5, 5.41) is 0. The molecule has 0 aromatic carbocycles. The van der Waals surface area contributed by atoms with Crippen LogP contribution in [0, 0.1) is 0 Å². The van der Waals surface area contributed by atoms with Gasteiger partial charge in [-0.25, -0.2) is 4.98 Å². The fraction of sp³-hybridized carbons (Fsp3) is 0.643. The van der Waals surface area contributed by atoms with Gasteiger partial charge in [0.1, 0.15) is 0 Å². The molecular weight excluding hydrogens is 228 g/mol. The number of morpholine rings is 1. The summed E-state index contributed by atoms with van der Waals surface area (Å²) >= 11 is 0. The van der Waals surface area contributed by atoms with Gasteiger partial charge in [0, 0.05) is 24.8 Å². The number of fused-ring (bicyclic) bond motifs is 1. The van der Waals surface area contributed by atoms with Crippen LogP contribution >= 0.6 is 0 Å². The first-order valence-electron chi connectivity index (χ1n) is 6.63. The van der Waals surface area contributed by atoms with E-state index in [0.717, 1.165) is 50.9 Å². The van der Waals surface area contributed by atoms with Crippen molar-refractivity contribution in [3.8, 4) is 5.75 Å². The number of aromatic nitrogens is 1. The summed E-state index contributed by atoms with van der Waals surface area (Å²) < 4.78 is 11.3. The van der Waals surface area contributed by atoms with Gasteiger partial charge in [-0.2, -0.15) is 0 Å². The Labute approximate surface area is 108 Å². The Hall–Kier alpha value is -1.29. The van der Waals surface area contributed by atoms with Gasteiger partial charge in [-0.3, -0.25) is 0 Å². The van der Waals surface area contributed by atoms with Crippen molar-refractivity contribution < 1.29 is 9.47 Å². The molecule has 0 radical (unpaired) electrons. The van der Waals surface area contributed by atoms with Gasteiger partial charge in [0.15, 0.2) is 11.6 Å². The number of hydrogen-bond acceptors (Lipinski definition) is 4. The summed E-state index contributed by atoms with van der Waals surface area (Å²) in [4.78, 5) is 6.79. The molecule has 3 heterocycles. The average molecular weight is 248 g/mol. The molecule has 0 N–H and O–H groups in total. The monoisotopic (exact) mass is 248 g/mol. The zero-order valence-electron chi connectivity index (χ0n) is 11.1. The van der Waals surface area contributed by atoms with Gasteiger partial charge in [-0.05, 0) is 17.9 Å². The van der Waals surface area contributed by atoms with Crippen LogP contribution in [0.5, 0.6) is 5.75 Å². The first kappa shape index (κ1) is 11.8. The SMILES string of the molecule is CC1(C)CCOc2c1ccnc2N1CCOCC1. The largest absolute Gasteiger partial charge is 0.489 e. The van der Waals surface area contributed by atoms with E-state index in [2.05, 4.69) is 29.8 Å². The molecule has 0 bridgehead atoms. The second kappa shape index (κ2) is 4.43. The van der Waals surface area contributed by atoms with Crippen molar-refractivity contribution in [3.63, 3.8) is 0 Å². The summed E-state index contributed by atoms with van der Waals surface area (Å²) in [5.74, 6) is 1.97. The van der Waals surface area contributed by atoms with Gasteiger partial charge in [-0.1, -0.05) is 13.8 Å². The number of pyridine rings is 1. The predicted octanol–water partition coefficient (Wildman–Crippen LogP) is 1.98. The van der Waals surface area contributed by atoms with Gasteiger partial charge in [0.25, 0.3) is 0 Å². The molecule has 2 aliphatic rings. The van der Waals surface area contributed by atoms with Crippen LogP contribution in [0.3, 0.4) is 0 Å². The number of anilines is 1. The summed E-state index contributed by atoms with van der Waals surface area (Å²) in [5.41, 5.74) is 1.46. The minimum Gasteiger partial charge on any atom is -0.489 e. The third kappa shape index (κ3) is 1.94. The summed E-state index contributed by atoms with van der Waals surface area (Å²) in [6, 6.07) is 2.10. The maximum Gasteiger partial charge on any atom is 0.171 e. The lowest BCUT2D eigenvalue weighted by Gasteiger charge is -2.36. The van der Waals surface area contributed by atoms with Gasteiger partial charge in [0.2, 0.25) is 0 Å². The molecule has 0 saturated carbocycles. The van der Waals surface area contributed by atoms with E-state index in [1.165, 1.54) is 5.56 Å². The fourth-order valence-corrected chi connectivity index (χ4v) is 2.66. The van der Waals surface area contributed by atoms with Crippen molar-refractivity contribution in [1.29, 1.82) is 0 Å². The lowest BCUT2D eigenvalue weighted by Crippen LogP contribution is -2.38. The van der Waals surface area contributed by atoms with Crippen molar-refractivity contribution in [1.82, 2.24) is 4.98 Å². The van der Waals surface area contributed by atoms with Crippen LogP contribution in [0.1, 0.15) is 25.8 Å². The molecule has 0 unspecified atom stereocenters. The highest BCUT2D eigenvalue weighted by atomic mass is 16.5. The molecule has 1 fully saturated rings. The van der Waals surface area contributed by atoms with Crippen molar-refractivity contribution in [3.05, 3.63) is 17.8 Å². The van der Waals surface area contributed by atoms with Gasteiger partial charge in [0.05, 0.1) is 19.8 Å². The van der Waals surface area contributed by atoms with Crippen LogP contribution < -0.4 is 9.64 Å². The minimum absolute atomic E-state index is 0.178. The summed E-state index contributed by atoms with van der Waals surface area (Å²) in [7, 11) is 0. The Morgan fingerprint density at radius 3 is 2.78 bits per heavy atom. The summed E-state index contributed by atoms with van der Waals surface area (Å²) in [6.45, 7) is 8.67. The van der Waals surface area contributed by atoms with Crippen molar-refractivity contribution in [2.24, 2.45) is 0 Å². The van der Waals surface area contributed by atoms with E-state index in [9.17, 15) is 0 Å². The molecule has 2 aliphatic heterocycles. The third-order valence-electron chi connectivity index (χ3n) is 3.90. The molecular formula is C14H20N2O2. The first-order chi connectivity index (χ1) is 8.68. The topological polar surface area (TPSA) is 34.6 Å². The van der Waals surface area contributed by atoms with Crippen molar-refractivity contribution in [2.75, 3.05) is 37.8 Å². The highest BCUT2D eigenvalue weighted by Crippen LogP contribution is 2.42. The Bertz CT molecular complexity index is 439. The lowest BCUT2D eigenvalue weighted by molar-refractivity contribution is 0.121. The third-order valence-corrected chi connectivity index (χ3v) is 3.90. The van der Waals surface area contributed by atoms with E-state index in [1.54, 1.807) is 0 Å². The van der Waals surface area contributed by atoms with Crippen LogP contribution in [0.15, 0.2) is 12.3 Å². The van der Waals surface area contributed by atoms with Crippen LogP contribution in [-0.4, -0.2) is 37.9 Å². The van der Waals surface area contributed by atoms with Gasteiger partial charge >= 0.3 is 0 Å². The predicted molar refractivity (Wildman–Crippen MR) is 70.4 cm³/mol. The maximum atomic E-state index is 5.90. The minimum atomic E-state index is 0.178. The van der Waals surface area contributed by atoms with E-state index >= 15 is 0 Å². The van der Waals surface area contributed by atoms with E-state index in [4.69, 9.17) is 9.47 Å². The standard InChI is InChI=1S/C14H20N2O2/c1-14(2)4-8-18-12-11(14)3-5-15-13(12)16-6-9-17-10-7-16/h3,5H,4,6-10H2,1-2H3. The lowest BCUT2D eigenvalue weighted by atomic mass is 9.80. The maximum absolute atomic E-state index is 5.90. The van der Waals surface area contributed by atoms with Gasteiger partial charge in [-0.15, -0.1) is 0 Å². The molecule has 0 amide bonds. The molecule has 18 heavy (non-hydrogen) atoms. The van der Waals surface area contributed by atoms with E-state index in [1.807, 2.05) is 6.20 Å². The molecule has 0 aliphatic carbocycles. The number of nitrogens with zero attached hydrogens (tertiary/aromatic N) is 2. The van der Waals surface area contributed by atoms with Crippen molar-refractivity contribution in [2.45, 2.75) is 25.7 Å². The second-order valence-corrected chi connectivity index (χ2v) is 5.59. The van der Waals surface area contributed by atoms with Crippen LogP contribution in [-0.2, 0) is 10.2 Å². The zero-order valence-corrected chi connectivity index (χ0v) is 11.1. The van der Waals surface area contributed by atoms with E-state index < -0.39 is 0 Å². The molecule has 98 valence electrons. The molecule has 0 spiro atoms. The van der Waals surface area contributed by atoms with E-state index in [-0.39, 0.29) is 5.41 Å². The normalized spacial score (nSPS) is 22.2. The Balaban J connectivity index is 2.00. The molecule has 4 nitrogen and oxygen atoms in total. The molecule has 4 heteroatoms. The average Bonchev–Trinajstić information content (AvgIpc) is 2.39. The van der Waals surface area contributed by atoms with Crippen molar-refractivity contribution >= 4 is 5.82 Å². The summed E-state index contributed by atoms with van der Waals surface area (Å²) in [6.07, 6.45) is 2.96. The van der Waals surface area contributed by atoms with Crippen LogP contribution in [0.4, 0.5) is 5.82 Å². The zero-order chi connectivity index (χ0) is 12.6. The Morgan fingerprint density at radius 1 is 1.22 bits per heavy atom. The van der Waals surface area contributed by atoms with Crippen LogP contribution in [0.2, 0.25) is 0 Å². The molecule has 3 rings (SSSR count). The molecule has 0 atom stereocenters. The smallest absolute Gasteiger partial charge is 0.171 e. The quantitative estimate of drug-likeness (QED) is 0.761.